The van der Waals surface area contributed by atoms with Crippen molar-refractivity contribution >= 4 is 7.81 Å². The molecule has 8 heteroatoms. The second-order valence-corrected chi connectivity index (χ2v) is 5.49. The molecule has 1 nitrogen and oxygen atoms in total. The van der Waals surface area contributed by atoms with E-state index in [4.69, 9.17) is 0 Å². The molecular formula is C11H10F6NP. The van der Waals surface area contributed by atoms with Crippen LogP contribution in [-0.4, -0.2) is 0 Å². The van der Waals surface area contributed by atoms with Crippen LogP contribution in [0.3, 0.4) is 0 Å². The first-order chi connectivity index (χ1) is 8.42. The zero-order chi connectivity index (χ0) is 14.6. The normalized spacial score (nSPS) is 14.6. The number of hydrogen-bond donors (Lipinski definition) is 0. The van der Waals surface area contributed by atoms with E-state index in [2.05, 4.69) is 16.7 Å². The molecule has 0 N–H and O–H groups in total. The van der Waals surface area contributed by atoms with Gasteiger partial charge in [0, 0.05) is 24.3 Å². The molecule has 1 aromatic carbocycles. The predicted molar refractivity (Wildman–Crippen MR) is 61.5 cm³/mol. The van der Waals surface area contributed by atoms with Crippen LogP contribution in [-0.2, 0) is 0 Å². The third kappa shape index (κ3) is 10.0. The maximum absolute atomic E-state index is 10.7. The van der Waals surface area contributed by atoms with Gasteiger partial charge in [0.05, 0.1) is 0 Å². The second-order valence-electron chi connectivity index (χ2n) is 3.58. The average molecular weight is 301 g/mol. The fraction of sp³-hybridized carbons (Fsp3) is 0. The Hall–Kier alpha value is -1.62. The molecule has 0 saturated heterocycles. The Labute approximate surface area is 105 Å². The molecule has 0 aliphatic rings. The minimum absolute atomic E-state index is 1.19. The Morgan fingerprint density at radius 3 is 1.42 bits per heavy atom. The molecule has 2 rings (SSSR count). The van der Waals surface area contributed by atoms with Crippen molar-refractivity contribution in [1.29, 1.82) is 0 Å². The summed E-state index contributed by atoms with van der Waals surface area (Å²) in [4.78, 5) is 0. The Kier molecular flexibility index (Phi) is 3.65. The Morgan fingerprint density at radius 2 is 1.00 bits per heavy atom. The monoisotopic (exact) mass is 301 g/mol. The molecule has 106 valence electrons. The zero-order valence-electron chi connectivity index (χ0n) is 9.44. The molecule has 0 unspecified atom stereocenters. The second kappa shape index (κ2) is 4.49. The van der Waals surface area contributed by atoms with Gasteiger partial charge in [0.25, 0.3) is 0 Å². The molecule has 0 amide bonds. The smallest absolute Gasteiger partial charge is 0.167 e. The van der Waals surface area contributed by atoms with Gasteiger partial charge in [-0.05, 0) is 0 Å². The number of rotatable bonds is 1. The summed E-state index contributed by atoms with van der Waals surface area (Å²) in [5.74, 6) is 0. The minimum atomic E-state index is -10.7. The molecule has 0 bridgehead atoms. The molecule has 0 fully saturated rings. The summed E-state index contributed by atoms with van der Waals surface area (Å²) in [6.07, 6.45) is 4.07. The van der Waals surface area contributed by atoms with Crippen molar-refractivity contribution in [3.63, 3.8) is 0 Å². The molecular weight excluding hydrogens is 291 g/mol. The van der Waals surface area contributed by atoms with Gasteiger partial charge < -0.3 is 0 Å². The molecule has 1 heterocycles. The number of nitrogens with zero attached hydrogens (tertiary/aromatic N) is 1. The summed E-state index contributed by atoms with van der Waals surface area (Å²) >= 11 is 0. The predicted octanol–water partition coefficient (Wildman–Crippen LogP) is 5.35. The SMILES string of the molecule is F[P-](F)(F)(F)(F)F.c1ccc(-[n+]2ccccc2)cc1. The topological polar surface area (TPSA) is 3.88 Å². The van der Waals surface area contributed by atoms with Gasteiger partial charge >= 0.3 is 33.0 Å². The molecule has 0 spiro atoms. The number of halogens is 6. The number of para-hydroxylation sites is 1. The van der Waals surface area contributed by atoms with Crippen LogP contribution < -0.4 is 4.57 Å². The fourth-order valence-corrected chi connectivity index (χ4v) is 1.17. The van der Waals surface area contributed by atoms with E-state index >= 15 is 0 Å². The van der Waals surface area contributed by atoms with Crippen LogP contribution in [0.4, 0.5) is 25.2 Å². The summed E-state index contributed by atoms with van der Waals surface area (Å²) in [6, 6.07) is 16.3. The number of benzene rings is 1. The number of pyridine rings is 1. The third-order valence-electron chi connectivity index (χ3n) is 1.77. The third-order valence-corrected chi connectivity index (χ3v) is 1.77. The van der Waals surface area contributed by atoms with Gasteiger partial charge in [0.1, 0.15) is 0 Å². The molecule has 0 radical (unpaired) electrons. The average Bonchev–Trinajstić information content (AvgIpc) is 2.27. The number of aromatic nitrogens is 1. The van der Waals surface area contributed by atoms with Gasteiger partial charge in [-0.2, -0.15) is 4.57 Å². The molecule has 19 heavy (non-hydrogen) atoms. The summed E-state index contributed by atoms with van der Waals surface area (Å²) in [5.41, 5.74) is 1.19. The van der Waals surface area contributed by atoms with E-state index in [9.17, 15) is 25.2 Å². The van der Waals surface area contributed by atoms with Crippen LogP contribution in [0, 0.1) is 0 Å². The van der Waals surface area contributed by atoms with E-state index in [1.807, 2.05) is 48.8 Å². The van der Waals surface area contributed by atoms with Gasteiger partial charge in [-0.25, -0.2) is 0 Å². The van der Waals surface area contributed by atoms with Crippen molar-refractivity contribution in [1.82, 2.24) is 0 Å². The van der Waals surface area contributed by atoms with E-state index in [0.717, 1.165) is 0 Å². The molecule has 0 atom stereocenters. The van der Waals surface area contributed by atoms with Gasteiger partial charge in [-0.15, -0.1) is 0 Å². The Morgan fingerprint density at radius 1 is 0.632 bits per heavy atom. The summed E-state index contributed by atoms with van der Waals surface area (Å²) in [6.45, 7) is 0. The van der Waals surface area contributed by atoms with Crippen molar-refractivity contribution in [2.75, 3.05) is 0 Å². The van der Waals surface area contributed by atoms with Crippen LogP contribution in [0.2, 0.25) is 0 Å². The zero-order valence-corrected chi connectivity index (χ0v) is 10.3. The first-order valence-corrected chi connectivity index (χ1v) is 7.03. The molecule has 2 aromatic rings. The summed E-state index contributed by atoms with van der Waals surface area (Å²) < 4.78 is 61.3. The standard InChI is InChI=1S/C11H10N.F6P/c1-3-7-11(8-4-1)12-9-5-2-6-10-12;1-7(2,3,4,5)6/h1-10H;/q+1;-1. The van der Waals surface area contributed by atoms with Crippen molar-refractivity contribution in [3.05, 3.63) is 60.9 Å². The van der Waals surface area contributed by atoms with Crippen molar-refractivity contribution in [2.24, 2.45) is 0 Å². The van der Waals surface area contributed by atoms with Crippen molar-refractivity contribution in [2.45, 2.75) is 0 Å². The number of hydrogen-bond acceptors (Lipinski definition) is 0. The van der Waals surface area contributed by atoms with Crippen LogP contribution in [0.5, 0.6) is 0 Å². The van der Waals surface area contributed by atoms with Crippen LogP contribution >= 0.6 is 7.81 Å². The van der Waals surface area contributed by atoms with Gasteiger partial charge in [0.2, 0.25) is 5.69 Å². The molecule has 1 aromatic heterocycles. The van der Waals surface area contributed by atoms with Crippen LogP contribution in [0.15, 0.2) is 60.9 Å². The van der Waals surface area contributed by atoms with Gasteiger partial charge in [0.15, 0.2) is 12.4 Å². The Balaban J connectivity index is 0.000000224. The van der Waals surface area contributed by atoms with Crippen LogP contribution in [0.1, 0.15) is 0 Å². The summed E-state index contributed by atoms with van der Waals surface area (Å²) in [5, 5.41) is 0. The van der Waals surface area contributed by atoms with E-state index in [1.165, 1.54) is 5.69 Å². The molecule has 0 saturated carbocycles. The Bertz CT molecular complexity index is 474. The minimum Gasteiger partial charge on any atom is -0.167 e. The summed E-state index contributed by atoms with van der Waals surface area (Å²) in [7, 11) is -10.7. The van der Waals surface area contributed by atoms with Crippen molar-refractivity contribution in [3.8, 4) is 5.69 Å². The van der Waals surface area contributed by atoms with Gasteiger partial charge in [-0.1, -0.05) is 24.3 Å². The largest absolute Gasteiger partial charge is 0.210 e. The van der Waals surface area contributed by atoms with Crippen LogP contribution in [0.25, 0.3) is 5.69 Å². The van der Waals surface area contributed by atoms with E-state index < -0.39 is 7.81 Å². The fourth-order valence-electron chi connectivity index (χ4n) is 1.17. The quantitative estimate of drug-likeness (QED) is 0.380. The molecule has 0 aliphatic carbocycles. The maximum Gasteiger partial charge on any atom is 0.210 e. The van der Waals surface area contributed by atoms with E-state index in [0.29, 0.717) is 0 Å². The first kappa shape index (κ1) is 15.4. The van der Waals surface area contributed by atoms with Crippen molar-refractivity contribution < 1.29 is 29.7 Å². The van der Waals surface area contributed by atoms with E-state index in [1.54, 1.807) is 0 Å². The van der Waals surface area contributed by atoms with Gasteiger partial charge in [-0.3, -0.25) is 0 Å². The first-order valence-electron chi connectivity index (χ1n) is 5.00. The molecule has 0 aliphatic heterocycles. The van der Waals surface area contributed by atoms with E-state index in [-0.39, 0.29) is 0 Å². The maximum atomic E-state index is 9.87.